The molecule has 0 aromatic rings. The van der Waals surface area contributed by atoms with Crippen LogP contribution in [0.5, 0.6) is 0 Å². The van der Waals surface area contributed by atoms with E-state index in [2.05, 4.69) is 0 Å². The third-order valence-corrected chi connectivity index (χ3v) is 3.90. The van der Waals surface area contributed by atoms with Crippen LogP contribution in [0.1, 0.15) is 46.5 Å². The molecule has 1 saturated carbocycles. The van der Waals surface area contributed by atoms with Crippen molar-refractivity contribution in [1.29, 1.82) is 0 Å². The second-order valence-electron chi connectivity index (χ2n) is 4.86. The molecule has 4 heteroatoms. The van der Waals surface area contributed by atoms with E-state index in [-0.39, 0.29) is 17.9 Å². The largest absolute Gasteiger partial charge is 0.481 e. The number of aliphatic carboxylic acids is 1. The summed E-state index contributed by atoms with van der Waals surface area (Å²) in [7, 11) is 0. The molecule has 1 fully saturated rings. The first-order valence-electron chi connectivity index (χ1n) is 6.56. The second-order valence-corrected chi connectivity index (χ2v) is 4.86. The van der Waals surface area contributed by atoms with Gasteiger partial charge in [-0.15, -0.1) is 0 Å². The van der Waals surface area contributed by atoms with E-state index in [0.29, 0.717) is 13.0 Å². The highest BCUT2D eigenvalue weighted by Gasteiger charge is 2.40. The molecule has 0 spiro atoms. The molecule has 1 aliphatic carbocycles. The lowest BCUT2D eigenvalue weighted by molar-refractivity contribution is -0.149. The molecule has 0 aliphatic heterocycles. The standard InChI is InChI=1S/C13H23NO3/c1-4-9(3)14(5-2)12(15)10-7-6-8-11(10)13(16)17/h9-11H,4-8H2,1-3H3,(H,16,17)/t9?,10-,11+/m1/s1. The molecule has 0 heterocycles. The van der Waals surface area contributed by atoms with Gasteiger partial charge in [-0.3, -0.25) is 9.59 Å². The third-order valence-electron chi connectivity index (χ3n) is 3.90. The molecule has 1 aliphatic rings. The van der Waals surface area contributed by atoms with Crippen molar-refractivity contribution in [3.8, 4) is 0 Å². The zero-order valence-electron chi connectivity index (χ0n) is 11.0. The zero-order chi connectivity index (χ0) is 13.0. The molecule has 1 unspecified atom stereocenters. The molecular formula is C13H23NO3. The van der Waals surface area contributed by atoms with E-state index in [4.69, 9.17) is 5.11 Å². The minimum absolute atomic E-state index is 0.0340. The van der Waals surface area contributed by atoms with Crippen molar-refractivity contribution >= 4 is 11.9 Å². The molecule has 0 bridgehead atoms. The van der Waals surface area contributed by atoms with Gasteiger partial charge in [0.15, 0.2) is 0 Å². The van der Waals surface area contributed by atoms with E-state index in [1.165, 1.54) is 0 Å². The molecule has 3 atom stereocenters. The Hall–Kier alpha value is -1.06. The number of hydrogen-bond acceptors (Lipinski definition) is 2. The molecule has 0 aromatic carbocycles. The van der Waals surface area contributed by atoms with E-state index in [1.807, 2.05) is 25.7 Å². The normalized spacial score (nSPS) is 25.6. The number of carboxylic acids is 1. The van der Waals surface area contributed by atoms with Crippen LogP contribution < -0.4 is 0 Å². The highest BCUT2D eigenvalue weighted by molar-refractivity contribution is 5.85. The van der Waals surface area contributed by atoms with Crippen LogP contribution in [0, 0.1) is 11.8 Å². The van der Waals surface area contributed by atoms with Gasteiger partial charge in [0.05, 0.1) is 11.8 Å². The predicted molar refractivity (Wildman–Crippen MR) is 65.6 cm³/mol. The van der Waals surface area contributed by atoms with Gasteiger partial charge >= 0.3 is 5.97 Å². The monoisotopic (exact) mass is 241 g/mol. The van der Waals surface area contributed by atoms with Crippen LogP contribution in [0.3, 0.4) is 0 Å². The molecule has 0 aromatic heterocycles. The van der Waals surface area contributed by atoms with Crippen LogP contribution >= 0.6 is 0 Å². The van der Waals surface area contributed by atoms with E-state index in [1.54, 1.807) is 0 Å². The predicted octanol–water partition coefficient (Wildman–Crippen LogP) is 2.13. The number of carboxylic acid groups (broad SMARTS) is 1. The lowest BCUT2D eigenvalue weighted by atomic mass is 9.94. The van der Waals surface area contributed by atoms with Crippen LogP contribution in [-0.4, -0.2) is 34.5 Å². The molecule has 4 nitrogen and oxygen atoms in total. The van der Waals surface area contributed by atoms with Crippen molar-refractivity contribution in [2.75, 3.05) is 6.54 Å². The van der Waals surface area contributed by atoms with E-state index in [0.717, 1.165) is 19.3 Å². The van der Waals surface area contributed by atoms with Gasteiger partial charge in [-0.2, -0.15) is 0 Å². The average Bonchev–Trinajstić information content (AvgIpc) is 2.78. The van der Waals surface area contributed by atoms with Crippen molar-refractivity contribution in [1.82, 2.24) is 4.90 Å². The summed E-state index contributed by atoms with van der Waals surface area (Å²) < 4.78 is 0. The van der Waals surface area contributed by atoms with Crippen LogP contribution in [0.4, 0.5) is 0 Å². The van der Waals surface area contributed by atoms with Gasteiger partial charge in [0, 0.05) is 12.6 Å². The second kappa shape index (κ2) is 6.03. The Morgan fingerprint density at radius 2 is 1.88 bits per heavy atom. The number of rotatable bonds is 5. The number of nitrogens with zero attached hydrogens (tertiary/aromatic N) is 1. The van der Waals surface area contributed by atoms with Gasteiger partial charge in [0.25, 0.3) is 0 Å². The minimum atomic E-state index is -0.818. The maximum Gasteiger partial charge on any atom is 0.307 e. The van der Waals surface area contributed by atoms with Gasteiger partial charge in [0.1, 0.15) is 0 Å². The number of carbonyl (C=O) groups excluding carboxylic acids is 1. The first-order valence-corrected chi connectivity index (χ1v) is 6.56. The topological polar surface area (TPSA) is 57.6 Å². The summed E-state index contributed by atoms with van der Waals surface area (Å²) in [6.45, 7) is 6.68. The van der Waals surface area contributed by atoms with E-state index >= 15 is 0 Å². The van der Waals surface area contributed by atoms with Crippen molar-refractivity contribution in [2.45, 2.75) is 52.5 Å². The maximum atomic E-state index is 12.4. The Morgan fingerprint density at radius 1 is 1.29 bits per heavy atom. The van der Waals surface area contributed by atoms with Gasteiger partial charge < -0.3 is 10.0 Å². The molecule has 1 amide bonds. The Kier molecular flexibility index (Phi) is 4.97. The van der Waals surface area contributed by atoms with Gasteiger partial charge in [-0.25, -0.2) is 0 Å². The number of hydrogen-bond donors (Lipinski definition) is 1. The summed E-state index contributed by atoms with van der Waals surface area (Å²) in [4.78, 5) is 25.3. The van der Waals surface area contributed by atoms with Crippen LogP contribution in [0.2, 0.25) is 0 Å². The molecule has 0 saturated heterocycles. The highest BCUT2D eigenvalue weighted by Crippen LogP contribution is 2.33. The minimum Gasteiger partial charge on any atom is -0.481 e. The van der Waals surface area contributed by atoms with Crippen molar-refractivity contribution in [3.63, 3.8) is 0 Å². The van der Waals surface area contributed by atoms with Crippen molar-refractivity contribution in [2.24, 2.45) is 11.8 Å². The Labute approximate surface area is 103 Å². The van der Waals surface area contributed by atoms with Crippen LogP contribution in [0.15, 0.2) is 0 Å². The first kappa shape index (κ1) is 14.0. The van der Waals surface area contributed by atoms with Gasteiger partial charge in [-0.05, 0) is 33.1 Å². The molecule has 1 rings (SSSR count). The summed E-state index contributed by atoms with van der Waals surface area (Å²) in [6.07, 6.45) is 3.13. The SMILES string of the molecule is CCC(C)N(CC)C(=O)[C@@H]1CCC[C@@H]1C(=O)O. The lowest BCUT2D eigenvalue weighted by Crippen LogP contribution is -2.43. The van der Waals surface area contributed by atoms with Crippen molar-refractivity contribution < 1.29 is 14.7 Å². The third kappa shape index (κ3) is 2.99. The number of carbonyl (C=O) groups is 2. The highest BCUT2D eigenvalue weighted by atomic mass is 16.4. The number of amides is 1. The average molecular weight is 241 g/mol. The smallest absolute Gasteiger partial charge is 0.307 e. The van der Waals surface area contributed by atoms with Crippen molar-refractivity contribution in [3.05, 3.63) is 0 Å². The van der Waals surface area contributed by atoms with E-state index in [9.17, 15) is 9.59 Å². The summed E-state index contributed by atoms with van der Waals surface area (Å²) in [6, 6.07) is 0.197. The molecule has 98 valence electrons. The van der Waals surface area contributed by atoms with E-state index < -0.39 is 11.9 Å². The fourth-order valence-electron chi connectivity index (χ4n) is 2.67. The molecular weight excluding hydrogens is 218 g/mol. The van der Waals surface area contributed by atoms with Gasteiger partial charge in [0.2, 0.25) is 5.91 Å². The molecule has 0 radical (unpaired) electrons. The maximum absolute atomic E-state index is 12.4. The Balaban J connectivity index is 2.76. The summed E-state index contributed by atoms with van der Waals surface area (Å²) in [5.41, 5.74) is 0. The fourth-order valence-corrected chi connectivity index (χ4v) is 2.67. The lowest BCUT2D eigenvalue weighted by Gasteiger charge is -2.31. The summed E-state index contributed by atoms with van der Waals surface area (Å²) >= 11 is 0. The molecule has 17 heavy (non-hydrogen) atoms. The first-order chi connectivity index (χ1) is 8.02. The van der Waals surface area contributed by atoms with Crippen LogP contribution in [-0.2, 0) is 9.59 Å². The zero-order valence-corrected chi connectivity index (χ0v) is 11.0. The van der Waals surface area contributed by atoms with Crippen LogP contribution in [0.25, 0.3) is 0 Å². The summed E-state index contributed by atoms with van der Waals surface area (Å²) in [5.74, 6) is -1.56. The summed E-state index contributed by atoms with van der Waals surface area (Å²) in [5, 5.41) is 9.11. The Bertz CT molecular complexity index is 290. The Morgan fingerprint density at radius 3 is 2.35 bits per heavy atom. The molecule has 1 N–H and O–H groups in total. The van der Waals surface area contributed by atoms with Gasteiger partial charge in [-0.1, -0.05) is 13.3 Å². The fraction of sp³-hybridized carbons (Fsp3) is 0.846. The quantitative estimate of drug-likeness (QED) is 0.802.